The van der Waals surface area contributed by atoms with E-state index >= 15 is 0 Å². The molecular formula is C21H23N3O3S2. The molecule has 3 heterocycles. The van der Waals surface area contributed by atoms with Gasteiger partial charge >= 0.3 is 5.97 Å². The van der Waals surface area contributed by atoms with Gasteiger partial charge in [0.05, 0.1) is 18.4 Å². The molecule has 29 heavy (non-hydrogen) atoms. The van der Waals surface area contributed by atoms with E-state index in [2.05, 4.69) is 24.1 Å². The summed E-state index contributed by atoms with van der Waals surface area (Å²) in [5.74, 6) is -0.234. The SMILES string of the molecule is COC(=O)c1c(NC(=O)c2sc3nc(CC(C)C)ccc3c2N)sc2c1CCC2. The molecule has 0 saturated carbocycles. The number of thiophene rings is 2. The zero-order chi connectivity index (χ0) is 20.7. The van der Waals surface area contributed by atoms with Gasteiger partial charge in [-0.1, -0.05) is 13.8 Å². The van der Waals surface area contributed by atoms with Crippen molar-refractivity contribution in [1.82, 2.24) is 4.98 Å². The first-order chi connectivity index (χ1) is 13.9. The number of rotatable bonds is 5. The number of nitrogens with one attached hydrogen (secondary N) is 1. The second kappa shape index (κ2) is 7.76. The molecule has 0 fully saturated rings. The van der Waals surface area contributed by atoms with E-state index in [0.717, 1.165) is 52.0 Å². The summed E-state index contributed by atoms with van der Waals surface area (Å²) in [4.78, 5) is 32.3. The second-order valence-electron chi connectivity index (χ2n) is 7.61. The van der Waals surface area contributed by atoms with E-state index in [1.54, 1.807) is 0 Å². The summed E-state index contributed by atoms with van der Waals surface area (Å²) in [5.41, 5.74) is 9.16. The molecule has 4 rings (SSSR count). The molecule has 0 spiro atoms. The first kappa shape index (κ1) is 19.8. The molecule has 0 aliphatic heterocycles. The standard InChI is InChI=1S/C21H23N3O3S2/c1-10(2)9-11-7-8-13-16(22)17(29-19(13)23-11)18(25)24-20-15(21(26)27-3)12-5-4-6-14(12)28-20/h7-8,10H,4-6,9,22H2,1-3H3,(H,24,25). The van der Waals surface area contributed by atoms with Crippen molar-refractivity contribution in [3.8, 4) is 0 Å². The van der Waals surface area contributed by atoms with E-state index in [4.69, 9.17) is 10.5 Å². The maximum Gasteiger partial charge on any atom is 0.341 e. The number of ether oxygens (including phenoxy) is 1. The minimum Gasteiger partial charge on any atom is -0.465 e. The van der Waals surface area contributed by atoms with Crippen LogP contribution in [0.5, 0.6) is 0 Å². The second-order valence-corrected chi connectivity index (χ2v) is 9.71. The van der Waals surface area contributed by atoms with Gasteiger partial charge in [0.15, 0.2) is 0 Å². The van der Waals surface area contributed by atoms with Crippen LogP contribution < -0.4 is 11.1 Å². The van der Waals surface area contributed by atoms with Crippen molar-refractivity contribution >= 4 is 55.5 Å². The van der Waals surface area contributed by atoms with Gasteiger partial charge in [-0.15, -0.1) is 22.7 Å². The average molecular weight is 430 g/mol. The van der Waals surface area contributed by atoms with Crippen LogP contribution in [0.3, 0.4) is 0 Å². The topological polar surface area (TPSA) is 94.3 Å². The van der Waals surface area contributed by atoms with Crippen LogP contribution in [0, 0.1) is 5.92 Å². The fourth-order valence-electron chi connectivity index (χ4n) is 3.71. The Hall–Kier alpha value is -2.45. The molecule has 3 aromatic heterocycles. The van der Waals surface area contributed by atoms with Gasteiger partial charge in [0.2, 0.25) is 0 Å². The number of hydrogen-bond acceptors (Lipinski definition) is 7. The molecule has 0 bridgehead atoms. The maximum atomic E-state index is 13.0. The molecule has 1 amide bonds. The quantitative estimate of drug-likeness (QED) is 0.575. The van der Waals surface area contributed by atoms with Crippen LogP contribution in [0.15, 0.2) is 12.1 Å². The van der Waals surface area contributed by atoms with Gasteiger partial charge in [-0.25, -0.2) is 9.78 Å². The number of hydrogen-bond donors (Lipinski definition) is 2. The zero-order valence-corrected chi connectivity index (χ0v) is 18.3. The molecule has 0 aromatic carbocycles. The number of pyridine rings is 1. The molecule has 0 saturated heterocycles. The number of anilines is 2. The Bertz CT molecular complexity index is 1110. The summed E-state index contributed by atoms with van der Waals surface area (Å²) in [6.45, 7) is 4.29. The van der Waals surface area contributed by atoms with Gasteiger partial charge in [-0.3, -0.25) is 4.79 Å². The summed E-state index contributed by atoms with van der Waals surface area (Å²) >= 11 is 2.74. The smallest absolute Gasteiger partial charge is 0.341 e. The normalized spacial score (nSPS) is 13.1. The Morgan fingerprint density at radius 3 is 2.79 bits per heavy atom. The number of aromatic nitrogens is 1. The van der Waals surface area contributed by atoms with Crippen molar-refractivity contribution in [1.29, 1.82) is 0 Å². The lowest BCUT2D eigenvalue weighted by Gasteiger charge is -2.06. The predicted octanol–water partition coefficient (Wildman–Crippen LogP) is 4.67. The summed E-state index contributed by atoms with van der Waals surface area (Å²) < 4.78 is 4.95. The molecule has 0 radical (unpaired) electrons. The molecule has 6 nitrogen and oxygen atoms in total. The molecule has 3 N–H and O–H groups in total. The Balaban J connectivity index is 1.66. The summed E-state index contributed by atoms with van der Waals surface area (Å²) in [6, 6.07) is 3.90. The largest absolute Gasteiger partial charge is 0.465 e. The van der Waals surface area contributed by atoms with Crippen LogP contribution in [0.1, 0.15) is 56.4 Å². The van der Waals surface area contributed by atoms with Crippen molar-refractivity contribution < 1.29 is 14.3 Å². The van der Waals surface area contributed by atoms with Gasteiger partial charge in [0.25, 0.3) is 5.91 Å². The Morgan fingerprint density at radius 2 is 2.07 bits per heavy atom. The number of nitrogen functional groups attached to an aromatic ring is 1. The zero-order valence-electron chi connectivity index (χ0n) is 16.6. The van der Waals surface area contributed by atoms with Crippen LogP contribution >= 0.6 is 22.7 Å². The Morgan fingerprint density at radius 1 is 1.28 bits per heavy atom. The first-order valence-corrected chi connectivity index (χ1v) is 11.2. The van der Waals surface area contributed by atoms with Gasteiger partial charge in [0.1, 0.15) is 14.7 Å². The minimum absolute atomic E-state index is 0.319. The Kier molecular flexibility index (Phi) is 5.31. The van der Waals surface area contributed by atoms with Crippen molar-refractivity contribution in [3.05, 3.63) is 38.7 Å². The fourth-order valence-corrected chi connectivity index (χ4v) is 5.99. The van der Waals surface area contributed by atoms with Crippen molar-refractivity contribution in [3.63, 3.8) is 0 Å². The van der Waals surface area contributed by atoms with E-state index < -0.39 is 5.97 Å². The molecule has 3 aromatic rings. The molecule has 0 atom stereocenters. The molecular weight excluding hydrogens is 406 g/mol. The number of carbonyl (C=O) groups excluding carboxylic acids is 2. The molecule has 0 unspecified atom stereocenters. The minimum atomic E-state index is -0.413. The highest BCUT2D eigenvalue weighted by Gasteiger charge is 2.29. The van der Waals surface area contributed by atoms with Crippen LogP contribution in [0.4, 0.5) is 10.7 Å². The number of aryl methyl sites for hydroxylation is 1. The van der Waals surface area contributed by atoms with Gasteiger partial charge in [0, 0.05) is 16.0 Å². The average Bonchev–Trinajstić information content (AvgIpc) is 3.33. The summed E-state index contributed by atoms with van der Waals surface area (Å²) in [5, 5.41) is 4.23. The molecule has 1 aliphatic carbocycles. The van der Waals surface area contributed by atoms with Gasteiger partial charge in [-0.05, 0) is 49.3 Å². The monoisotopic (exact) mass is 429 g/mol. The number of fused-ring (bicyclic) bond motifs is 2. The lowest BCUT2D eigenvalue weighted by molar-refractivity contribution is 0.0601. The maximum absolute atomic E-state index is 13.0. The van der Waals surface area contributed by atoms with Crippen LogP contribution in [-0.2, 0) is 24.0 Å². The van der Waals surface area contributed by atoms with Gasteiger partial charge in [-0.2, -0.15) is 0 Å². The number of amides is 1. The lowest BCUT2D eigenvalue weighted by atomic mass is 10.1. The third kappa shape index (κ3) is 3.62. The van der Waals surface area contributed by atoms with Crippen LogP contribution in [0.25, 0.3) is 10.2 Å². The van der Waals surface area contributed by atoms with Crippen LogP contribution in [0.2, 0.25) is 0 Å². The highest BCUT2D eigenvalue weighted by molar-refractivity contribution is 7.21. The fraction of sp³-hybridized carbons (Fsp3) is 0.381. The lowest BCUT2D eigenvalue weighted by Crippen LogP contribution is -2.14. The molecule has 152 valence electrons. The third-order valence-electron chi connectivity index (χ3n) is 5.01. The molecule has 1 aliphatic rings. The predicted molar refractivity (Wildman–Crippen MR) is 118 cm³/mol. The van der Waals surface area contributed by atoms with Crippen LogP contribution in [-0.4, -0.2) is 24.0 Å². The van der Waals surface area contributed by atoms with Gasteiger partial charge < -0.3 is 15.8 Å². The summed E-state index contributed by atoms with van der Waals surface area (Å²) in [7, 11) is 1.36. The van der Waals surface area contributed by atoms with E-state index in [0.29, 0.717) is 27.0 Å². The number of carbonyl (C=O) groups is 2. The first-order valence-electron chi connectivity index (χ1n) is 9.61. The van der Waals surface area contributed by atoms with E-state index in [1.807, 2.05) is 12.1 Å². The summed E-state index contributed by atoms with van der Waals surface area (Å²) in [6.07, 6.45) is 3.65. The van der Waals surface area contributed by atoms with Crippen molar-refractivity contribution in [2.24, 2.45) is 5.92 Å². The van der Waals surface area contributed by atoms with E-state index in [-0.39, 0.29) is 5.91 Å². The number of esters is 1. The third-order valence-corrected chi connectivity index (χ3v) is 7.33. The highest BCUT2D eigenvalue weighted by Crippen LogP contribution is 2.40. The molecule has 8 heteroatoms. The highest BCUT2D eigenvalue weighted by atomic mass is 32.1. The number of nitrogens with zero attached hydrogens (tertiary/aromatic N) is 1. The number of nitrogens with two attached hydrogens (primary N) is 1. The van der Waals surface area contributed by atoms with Crippen molar-refractivity contribution in [2.45, 2.75) is 39.5 Å². The Labute approximate surface area is 177 Å². The van der Waals surface area contributed by atoms with E-state index in [1.165, 1.54) is 29.8 Å². The van der Waals surface area contributed by atoms with E-state index in [9.17, 15) is 9.59 Å². The van der Waals surface area contributed by atoms with Crippen molar-refractivity contribution in [2.75, 3.05) is 18.2 Å². The number of methoxy groups -OCH3 is 1.